The van der Waals surface area contributed by atoms with Gasteiger partial charge >= 0.3 is 0 Å². The summed E-state index contributed by atoms with van der Waals surface area (Å²) in [4.78, 5) is 12.3. The number of nitrogens with two attached hydrogens (primary N) is 1. The topological polar surface area (TPSA) is 67.6 Å². The van der Waals surface area contributed by atoms with Gasteiger partial charge in [-0.25, -0.2) is 9.97 Å². The van der Waals surface area contributed by atoms with Gasteiger partial charge in [0.15, 0.2) is 5.65 Å². The van der Waals surface area contributed by atoms with Gasteiger partial charge in [-0.05, 0) is 37.3 Å². The Morgan fingerprint density at radius 3 is 3.11 bits per heavy atom. The molecule has 1 aliphatic carbocycles. The second kappa shape index (κ2) is 4.05. The summed E-state index contributed by atoms with van der Waals surface area (Å²) < 4.78 is 0. The summed E-state index contributed by atoms with van der Waals surface area (Å²) in [7, 11) is 0. The molecule has 1 aliphatic rings. The molecule has 1 fully saturated rings. The highest BCUT2D eigenvalue weighted by Crippen LogP contribution is 2.36. The minimum atomic E-state index is -0.299. The molecular formula is C14H20N4. The van der Waals surface area contributed by atoms with Crippen molar-refractivity contribution < 1.29 is 0 Å². The van der Waals surface area contributed by atoms with Gasteiger partial charge in [0.05, 0.1) is 11.1 Å². The molecule has 4 nitrogen and oxygen atoms in total. The van der Waals surface area contributed by atoms with E-state index in [9.17, 15) is 0 Å². The molecule has 2 heterocycles. The zero-order chi connectivity index (χ0) is 12.8. The van der Waals surface area contributed by atoms with Crippen molar-refractivity contribution in [3.05, 3.63) is 23.7 Å². The first-order valence-electron chi connectivity index (χ1n) is 6.68. The van der Waals surface area contributed by atoms with Gasteiger partial charge in [0, 0.05) is 6.20 Å². The zero-order valence-electron chi connectivity index (χ0n) is 11.0. The van der Waals surface area contributed by atoms with Crippen molar-refractivity contribution in [3.63, 3.8) is 0 Å². The van der Waals surface area contributed by atoms with Crippen molar-refractivity contribution in [1.29, 1.82) is 0 Å². The van der Waals surface area contributed by atoms with E-state index < -0.39 is 0 Å². The molecule has 0 spiro atoms. The Labute approximate surface area is 107 Å². The Hall–Kier alpha value is -1.42. The lowest BCUT2D eigenvalue weighted by molar-refractivity contribution is 0.230. The summed E-state index contributed by atoms with van der Waals surface area (Å²) in [6, 6.07) is 2.08. The van der Waals surface area contributed by atoms with Crippen LogP contribution in [0.1, 0.15) is 44.0 Å². The minimum absolute atomic E-state index is 0.299. The Morgan fingerprint density at radius 1 is 1.50 bits per heavy atom. The van der Waals surface area contributed by atoms with Crippen LogP contribution in [0.3, 0.4) is 0 Å². The van der Waals surface area contributed by atoms with Crippen molar-refractivity contribution in [1.82, 2.24) is 15.0 Å². The number of imidazole rings is 1. The average Bonchev–Trinajstić information content (AvgIpc) is 2.72. The number of nitrogens with one attached hydrogen (secondary N) is 1. The van der Waals surface area contributed by atoms with Crippen molar-refractivity contribution >= 4 is 11.2 Å². The van der Waals surface area contributed by atoms with Gasteiger partial charge in [0.1, 0.15) is 5.82 Å². The number of aromatic nitrogens is 3. The summed E-state index contributed by atoms with van der Waals surface area (Å²) in [6.07, 6.45) is 6.32. The van der Waals surface area contributed by atoms with Gasteiger partial charge in [-0.3, -0.25) is 0 Å². The van der Waals surface area contributed by atoms with E-state index in [1.54, 1.807) is 0 Å². The number of fused-ring (bicyclic) bond motifs is 1. The molecule has 2 unspecified atom stereocenters. The van der Waals surface area contributed by atoms with Crippen LogP contribution in [0.15, 0.2) is 12.3 Å². The van der Waals surface area contributed by atoms with Crippen LogP contribution >= 0.6 is 0 Å². The van der Waals surface area contributed by atoms with Crippen molar-refractivity contribution in [2.45, 2.75) is 45.1 Å². The molecule has 4 heteroatoms. The monoisotopic (exact) mass is 244 g/mol. The summed E-state index contributed by atoms with van der Waals surface area (Å²) in [5, 5.41) is 0. The van der Waals surface area contributed by atoms with Crippen molar-refractivity contribution in [2.75, 3.05) is 0 Å². The summed E-state index contributed by atoms with van der Waals surface area (Å²) in [5.74, 6) is 1.58. The van der Waals surface area contributed by atoms with E-state index in [-0.39, 0.29) is 5.54 Å². The van der Waals surface area contributed by atoms with E-state index in [2.05, 4.69) is 27.9 Å². The fourth-order valence-corrected chi connectivity index (χ4v) is 3.05. The molecule has 3 rings (SSSR count). The number of hydrogen-bond donors (Lipinski definition) is 2. The van der Waals surface area contributed by atoms with Crippen LogP contribution in [0, 0.1) is 12.8 Å². The molecule has 18 heavy (non-hydrogen) atoms. The lowest BCUT2D eigenvalue weighted by Crippen LogP contribution is -2.42. The van der Waals surface area contributed by atoms with E-state index >= 15 is 0 Å². The first-order chi connectivity index (χ1) is 8.57. The van der Waals surface area contributed by atoms with Crippen LogP contribution in [0.2, 0.25) is 0 Å². The minimum Gasteiger partial charge on any atom is -0.339 e. The Morgan fingerprint density at radius 2 is 2.33 bits per heavy atom. The molecule has 0 saturated heterocycles. The fraction of sp³-hybridized carbons (Fsp3) is 0.571. The quantitative estimate of drug-likeness (QED) is 0.810. The third kappa shape index (κ3) is 1.90. The van der Waals surface area contributed by atoms with Crippen LogP contribution < -0.4 is 5.73 Å². The molecule has 0 amide bonds. The van der Waals surface area contributed by atoms with Gasteiger partial charge in [-0.1, -0.05) is 19.8 Å². The molecule has 3 N–H and O–H groups in total. The van der Waals surface area contributed by atoms with Gasteiger partial charge in [0.2, 0.25) is 0 Å². The van der Waals surface area contributed by atoms with Crippen LogP contribution in [0.4, 0.5) is 0 Å². The molecule has 0 aliphatic heterocycles. The van der Waals surface area contributed by atoms with Crippen LogP contribution in [-0.2, 0) is 5.54 Å². The second-order valence-electron chi connectivity index (χ2n) is 5.83. The maximum atomic E-state index is 6.55. The summed E-state index contributed by atoms with van der Waals surface area (Å²) in [5.41, 5.74) is 9.16. The first kappa shape index (κ1) is 11.7. The number of pyridine rings is 1. The number of H-pyrrole nitrogens is 1. The van der Waals surface area contributed by atoms with Gasteiger partial charge < -0.3 is 10.7 Å². The van der Waals surface area contributed by atoms with Gasteiger partial charge in [-0.2, -0.15) is 0 Å². The Bertz CT molecular complexity index is 574. The van der Waals surface area contributed by atoms with Crippen LogP contribution in [0.5, 0.6) is 0 Å². The Balaban J connectivity index is 2.03. The predicted octanol–water partition coefficient (Wildman–Crippen LogP) is 2.63. The largest absolute Gasteiger partial charge is 0.339 e. The zero-order valence-corrected chi connectivity index (χ0v) is 11.0. The summed E-state index contributed by atoms with van der Waals surface area (Å²) in [6.45, 7) is 4.31. The summed E-state index contributed by atoms with van der Waals surface area (Å²) >= 11 is 0. The highest BCUT2D eigenvalue weighted by Gasteiger charge is 2.35. The van der Waals surface area contributed by atoms with Crippen LogP contribution in [-0.4, -0.2) is 15.0 Å². The average molecular weight is 244 g/mol. The lowest BCUT2D eigenvalue weighted by atomic mass is 9.76. The van der Waals surface area contributed by atoms with E-state index in [0.717, 1.165) is 35.4 Å². The van der Waals surface area contributed by atoms with Gasteiger partial charge in [-0.15, -0.1) is 0 Å². The molecule has 1 saturated carbocycles. The second-order valence-corrected chi connectivity index (χ2v) is 5.83. The standard InChI is InChI=1S/C14H20N4/c1-9-4-3-5-14(15,7-9)13-17-11-6-10(2)8-16-12(11)18-13/h6,8-9H,3-5,7,15H2,1-2H3,(H,16,17,18). The van der Waals surface area contributed by atoms with Crippen molar-refractivity contribution in [3.8, 4) is 0 Å². The predicted molar refractivity (Wildman–Crippen MR) is 72.1 cm³/mol. The number of aromatic amines is 1. The number of aryl methyl sites for hydroxylation is 1. The Kier molecular flexibility index (Phi) is 2.63. The van der Waals surface area contributed by atoms with E-state index in [1.807, 2.05) is 13.1 Å². The lowest BCUT2D eigenvalue weighted by Gasteiger charge is -2.34. The highest BCUT2D eigenvalue weighted by molar-refractivity contribution is 5.71. The number of hydrogen-bond acceptors (Lipinski definition) is 3. The highest BCUT2D eigenvalue weighted by atomic mass is 15.0. The molecule has 2 aromatic heterocycles. The molecule has 96 valence electrons. The molecule has 2 atom stereocenters. The smallest absolute Gasteiger partial charge is 0.177 e. The maximum Gasteiger partial charge on any atom is 0.177 e. The fourth-order valence-electron chi connectivity index (χ4n) is 3.05. The molecule has 2 aromatic rings. The van der Waals surface area contributed by atoms with E-state index in [1.165, 1.54) is 12.8 Å². The van der Waals surface area contributed by atoms with E-state index in [0.29, 0.717) is 5.92 Å². The number of nitrogens with zero attached hydrogens (tertiary/aromatic N) is 2. The maximum absolute atomic E-state index is 6.55. The third-order valence-corrected chi connectivity index (χ3v) is 3.98. The van der Waals surface area contributed by atoms with E-state index in [4.69, 9.17) is 5.73 Å². The SMILES string of the molecule is Cc1cnc2nc(C3(N)CCCC(C)C3)[nH]c2c1. The molecular weight excluding hydrogens is 224 g/mol. The molecule has 0 radical (unpaired) electrons. The normalized spacial score (nSPS) is 28.7. The van der Waals surface area contributed by atoms with Gasteiger partial charge in [0.25, 0.3) is 0 Å². The van der Waals surface area contributed by atoms with Crippen LogP contribution in [0.25, 0.3) is 11.2 Å². The molecule has 0 aromatic carbocycles. The third-order valence-electron chi connectivity index (χ3n) is 3.98. The molecule has 0 bridgehead atoms. The number of rotatable bonds is 1. The first-order valence-corrected chi connectivity index (χ1v) is 6.68. The van der Waals surface area contributed by atoms with Crippen molar-refractivity contribution in [2.24, 2.45) is 11.7 Å².